The smallest absolute Gasteiger partial charge is 0.0740 e. The van der Waals surface area contributed by atoms with Gasteiger partial charge in [-0.1, -0.05) is 122 Å². The van der Waals surface area contributed by atoms with Crippen LogP contribution in [0, 0.1) is 5.92 Å². The van der Waals surface area contributed by atoms with E-state index in [4.69, 9.17) is 0 Å². The quantitative estimate of drug-likeness (QED) is 0.320. The highest BCUT2D eigenvalue weighted by Crippen LogP contribution is 2.42. The van der Waals surface area contributed by atoms with Gasteiger partial charge >= 0.3 is 0 Å². The molecule has 0 amide bonds. The molecule has 31 heavy (non-hydrogen) atoms. The fraction of sp³-hybridized carbons (Fsp3) is 0.241. The minimum absolute atomic E-state index is 0.458. The van der Waals surface area contributed by atoms with E-state index in [2.05, 4.69) is 125 Å². The third kappa shape index (κ3) is 4.40. The Kier molecular flexibility index (Phi) is 6.20. The zero-order chi connectivity index (χ0) is 22.2. The first-order valence-electron chi connectivity index (χ1n) is 11.2. The maximum atomic E-state index is 2.56. The molecule has 0 spiro atoms. The van der Waals surface area contributed by atoms with E-state index in [-0.39, 0.29) is 0 Å². The van der Waals surface area contributed by atoms with Crippen molar-refractivity contribution in [3.05, 3.63) is 102 Å². The number of allylic oxidation sites excluding steroid dienone is 4. The summed E-state index contributed by atoms with van der Waals surface area (Å²) in [6, 6.07) is 29.6. The normalized spacial score (nSPS) is 16.7. The van der Waals surface area contributed by atoms with Crippen LogP contribution in [0.1, 0.15) is 26.3 Å². The summed E-state index contributed by atoms with van der Waals surface area (Å²) in [5, 5.41) is 5.90. The zero-order valence-corrected chi connectivity index (χ0v) is 21.5. The van der Waals surface area contributed by atoms with Crippen LogP contribution in [0.3, 0.4) is 0 Å². The van der Waals surface area contributed by atoms with Gasteiger partial charge in [0, 0.05) is 5.92 Å². The van der Waals surface area contributed by atoms with Crippen molar-refractivity contribution in [1.82, 2.24) is 0 Å². The lowest BCUT2D eigenvalue weighted by atomic mass is 9.94. The summed E-state index contributed by atoms with van der Waals surface area (Å²) < 4.78 is 0. The van der Waals surface area contributed by atoms with Crippen LogP contribution in [0.5, 0.6) is 0 Å². The molecule has 0 nitrogen and oxygen atoms in total. The number of benzene rings is 3. The molecule has 0 bridgehead atoms. The summed E-state index contributed by atoms with van der Waals surface area (Å²) in [4.78, 5) is 0. The van der Waals surface area contributed by atoms with E-state index in [1.54, 1.807) is 5.19 Å². The van der Waals surface area contributed by atoms with Gasteiger partial charge in [0.25, 0.3) is 0 Å². The minimum Gasteiger partial charge on any atom is -0.0740 e. The van der Waals surface area contributed by atoms with Crippen molar-refractivity contribution >= 4 is 42.7 Å². The molecule has 3 aromatic rings. The van der Waals surface area contributed by atoms with Crippen molar-refractivity contribution in [2.75, 3.05) is 0 Å². The molecule has 1 unspecified atom stereocenters. The predicted molar refractivity (Wildman–Crippen MR) is 144 cm³/mol. The van der Waals surface area contributed by atoms with Gasteiger partial charge in [-0.05, 0) is 54.4 Å². The van der Waals surface area contributed by atoms with Gasteiger partial charge < -0.3 is 0 Å². The first-order valence-corrected chi connectivity index (χ1v) is 16.1. The Morgan fingerprint density at radius 3 is 1.74 bits per heavy atom. The van der Waals surface area contributed by atoms with E-state index in [1.807, 2.05) is 0 Å². The third-order valence-corrected chi connectivity index (χ3v) is 10.9. The molecule has 0 heterocycles. The molecule has 0 fully saturated rings. The molecule has 3 aromatic carbocycles. The van der Waals surface area contributed by atoms with Crippen LogP contribution in [0.25, 0.3) is 5.57 Å². The van der Waals surface area contributed by atoms with Crippen molar-refractivity contribution in [3.63, 3.8) is 0 Å². The molecular formula is C29H33PSi. The van der Waals surface area contributed by atoms with Crippen LogP contribution in [-0.4, -0.2) is 8.07 Å². The van der Waals surface area contributed by atoms with E-state index in [0.29, 0.717) is 5.92 Å². The van der Waals surface area contributed by atoms with Crippen LogP contribution < -0.4 is 21.1 Å². The molecule has 0 N–H and O–H groups in total. The van der Waals surface area contributed by atoms with Crippen LogP contribution in [-0.2, 0) is 0 Å². The zero-order valence-electron chi connectivity index (χ0n) is 19.6. The molecule has 158 valence electrons. The molecule has 1 aliphatic rings. The van der Waals surface area contributed by atoms with E-state index in [0.717, 1.165) is 0 Å². The molecule has 0 saturated heterocycles. The first kappa shape index (κ1) is 22.0. The second-order valence-electron chi connectivity index (χ2n) is 9.67. The van der Waals surface area contributed by atoms with Crippen molar-refractivity contribution in [3.8, 4) is 0 Å². The lowest BCUT2D eigenvalue weighted by Crippen LogP contribution is -2.40. The van der Waals surface area contributed by atoms with E-state index in [1.165, 1.54) is 38.2 Å². The summed E-state index contributed by atoms with van der Waals surface area (Å²) in [5.74, 6) is 0.458. The molecule has 0 aliphatic heterocycles. The molecule has 4 rings (SSSR count). The largest absolute Gasteiger partial charge is 0.0776 e. The van der Waals surface area contributed by atoms with Crippen LogP contribution in [0.2, 0.25) is 19.6 Å². The Morgan fingerprint density at radius 2 is 1.29 bits per heavy atom. The van der Waals surface area contributed by atoms with Crippen LogP contribution in [0.15, 0.2) is 96.1 Å². The van der Waals surface area contributed by atoms with Gasteiger partial charge in [-0.2, -0.15) is 0 Å². The van der Waals surface area contributed by atoms with Gasteiger partial charge in [0.2, 0.25) is 0 Å². The average Bonchev–Trinajstić information content (AvgIpc) is 3.00. The second-order valence-corrected chi connectivity index (χ2v) is 16.9. The summed E-state index contributed by atoms with van der Waals surface area (Å²) >= 11 is 0. The fourth-order valence-electron chi connectivity index (χ4n) is 4.58. The first-order chi connectivity index (χ1) is 14.8. The number of hydrogen-bond acceptors (Lipinski definition) is 0. The Balaban J connectivity index is 2.02. The Labute approximate surface area is 190 Å². The van der Waals surface area contributed by atoms with Gasteiger partial charge in [0.05, 0.1) is 8.07 Å². The third-order valence-electron chi connectivity index (χ3n) is 6.37. The Bertz CT molecular complexity index is 1090. The van der Waals surface area contributed by atoms with E-state index in [9.17, 15) is 0 Å². The number of hydrogen-bond donors (Lipinski definition) is 0. The maximum absolute atomic E-state index is 2.56. The van der Waals surface area contributed by atoms with Crippen molar-refractivity contribution in [2.45, 2.75) is 40.4 Å². The highest BCUT2D eigenvalue weighted by molar-refractivity contribution is 7.80. The van der Waals surface area contributed by atoms with Gasteiger partial charge in [-0.15, -0.1) is 0 Å². The highest BCUT2D eigenvalue weighted by atomic mass is 31.1. The van der Waals surface area contributed by atoms with Crippen molar-refractivity contribution < 1.29 is 0 Å². The molecule has 1 atom stereocenters. The lowest BCUT2D eigenvalue weighted by Gasteiger charge is -2.27. The van der Waals surface area contributed by atoms with Crippen LogP contribution in [0.4, 0.5) is 0 Å². The van der Waals surface area contributed by atoms with Gasteiger partial charge in [0.1, 0.15) is 0 Å². The summed E-state index contributed by atoms with van der Waals surface area (Å²) in [6.07, 6.45) is 2.42. The predicted octanol–water partition coefficient (Wildman–Crippen LogP) is 6.36. The Hall–Kier alpha value is -2.21. The van der Waals surface area contributed by atoms with Gasteiger partial charge in [-0.3, -0.25) is 0 Å². The number of rotatable bonds is 5. The molecule has 1 aliphatic carbocycles. The summed E-state index contributed by atoms with van der Waals surface area (Å²) in [5.41, 5.74) is 5.82. The average molecular weight is 441 g/mol. The molecule has 0 radical (unpaired) electrons. The SMILES string of the molecule is CC1=CC(C)C(c2ccc([Si](C)(C)C)cc2P(c2ccccc2)c2ccccc2)=C1C. The van der Waals surface area contributed by atoms with Gasteiger partial charge in [-0.25, -0.2) is 0 Å². The maximum Gasteiger partial charge on any atom is 0.0776 e. The van der Waals surface area contributed by atoms with Crippen molar-refractivity contribution in [1.29, 1.82) is 0 Å². The minimum atomic E-state index is -1.44. The van der Waals surface area contributed by atoms with E-state index < -0.39 is 16.0 Å². The second kappa shape index (κ2) is 8.73. The molecular weight excluding hydrogens is 407 g/mol. The van der Waals surface area contributed by atoms with E-state index >= 15 is 0 Å². The molecule has 0 saturated carbocycles. The van der Waals surface area contributed by atoms with Crippen molar-refractivity contribution in [2.24, 2.45) is 5.92 Å². The van der Waals surface area contributed by atoms with Crippen LogP contribution >= 0.6 is 7.92 Å². The topological polar surface area (TPSA) is 0 Å². The molecule has 0 aromatic heterocycles. The summed E-state index contributed by atoms with van der Waals surface area (Å²) in [7, 11) is -2.07. The Morgan fingerprint density at radius 1 is 0.742 bits per heavy atom. The highest BCUT2D eigenvalue weighted by Gasteiger charge is 2.28. The lowest BCUT2D eigenvalue weighted by molar-refractivity contribution is 0.977. The molecule has 2 heteroatoms. The summed E-state index contributed by atoms with van der Waals surface area (Å²) in [6.45, 7) is 14.3. The standard InChI is InChI=1S/C29H33PSi/c1-21-19-22(2)29(23(21)3)27-18-17-26(31(4,5)6)20-28(27)30(24-13-9-7-10-14-24)25-15-11-8-12-16-25/h7-20,22H,1-6H3. The fourth-order valence-corrected chi connectivity index (χ4v) is 8.36. The monoisotopic (exact) mass is 440 g/mol. The van der Waals surface area contributed by atoms with Gasteiger partial charge in [0.15, 0.2) is 0 Å².